The summed E-state index contributed by atoms with van der Waals surface area (Å²) in [6.07, 6.45) is 7.36. The topological polar surface area (TPSA) is 42.1 Å². The number of ether oxygens (including phenoxy) is 1. The second-order valence-corrected chi connectivity index (χ2v) is 6.02. The van der Waals surface area contributed by atoms with Crippen molar-refractivity contribution in [3.05, 3.63) is 36.0 Å². The summed E-state index contributed by atoms with van der Waals surface area (Å²) in [4.78, 5) is 14.9. The van der Waals surface area contributed by atoms with Crippen molar-refractivity contribution in [3.63, 3.8) is 0 Å². The molecule has 112 valence electrons. The Morgan fingerprint density at radius 1 is 1.24 bits per heavy atom. The minimum atomic E-state index is -0.0342. The summed E-state index contributed by atoms with van der Waals surface area (Å²) in [5.41, 5.74) is 2.67. The largest absolute Gasteiger partial charge is 0.466 e. The van der Waals surface area contributed by atoms with E-state index < -0.39 is 0 Å². The smallest absolute Gasteiger partial charge is 0.306 e. The molecule has 3 rings (SSSR count). The first-order valence-corrected chi connectivity index (χ1v) is 7.99. The van der Waals surface area contributed by atoms with Gasteiger partial charge in [-0.2, -0.15) is 0 Å². The Labute approximate surface area is 125 Å². The second-order valence-electron chi connectivity index (χ2n) is 6.02. The number of esters is 1. The van der Waals surface area contributed by atoms with E-state index in [1.165, 1.54) is 29.3 Å². The molecule has 1 aliphatic carbocycles. The fourth-order valence-electron chi connectivity index (χ4n) is 3.56. The fraction of sp³-hybridized carbons (Fsp3) is 0.500. The first kappa shape index (κ1) is 14.2. The Balaban J connectivity index is 1.62. The Morgan fingerprint density at radius 2 is 2.00 bits per heavy atom. The predicted molar refractivity (Wildman–Crippen MR) is 84.2 cm³/mol. The number of para-hydroxylation sites is 1. The monoisotopic (exact) mass is 285 g/mol. The summed E-state index contributed by atoms with van der Waals surface area (Å²) in [7, 11) is 0. The zero-order valence-electron chi connectivity index (χ0n) is 12.6. The molecule has 3 heteroatoms. The van der Waals surface area contributed by atoms with E-state index in [9.17, 15) is 4.79 Å². The summed E-state index contributed by atoms with van der Waals surface area (Å²) in [5, 5.41) is 1.35. The third kappa shape index (κ3) is 3.12. The molecule has 21 heavy (non-hydrogen) atoms. The van der Waals surface area contributed by atoms with Crippen LogP contribution in [0.1, 0.15) is 50.5 Å². The molecule has 0 spiro atoms. The van der Waals surface area contributed by atoms with E-state index in [2.05, 4.69) is 35.4 Å². The maximum Gasteiger partial charge on any atom is 0.306 e. The lowest BCUT2D eigenvalue weighted by molar-refractivity contribution is -0.144. The van der Waals surface area contributed by atoms with Crippen LogP contribution in [0.25, 0.3) is 10.9 Å². The number of benzene rings is 1. The van der Waals surface area contributed by atoms with Gasteiger partial charge >= 0.3 is 5.97 Å². The van der Waals surface area contributed by atoms with Gasteiger partial charge in [0.2, 0.25) is 0 Å². The minimum Gasteiger partial charge on any atom is -0.466 e. The van der Waals surface area contributed by atoms with Crippen LogP contribution in [0.4, 0.5) is 0 Å². The van der Waals surface area contributed by atoms with Gasteiger partial charge in [0.15, 0.2) is 0 Å². The van der Waals surface area contributed by atoms with E-state index >= 15 is 0 Å². The highest BCUT2D eigenvalue weighted by molar-refractivity contribution is 5.83. The van der Waals surface area contributed by atoms with Crippen LogP contribution in [0.3, 0.4) is 0 Å². The Hall–Kier alpha value is -1.77. The zero-order valence-corrected chi connectivity index (χ0v) is 12.6. The van der Waals surface area contributed by atoms with Crippen LogP contribution >= 0.6 is 0 Å². The molecule has 0 unspecified atom stereocenters. The van der Waals surface area contributed by atoms with Gasteiger partial charge in [-0.1, -0.05) is 18.2 Å². The van der Waals surface area contributed by atoms with Gasteiger partial charge in [-0.3, -0.25) is 4.79 Å². The number of carbonyl (C=O) groups is 1. The Kier molecular flexibility index (Phi) is 4.28. The third-order valence-electron chi connectivity index (χ3n) is 4.67. The molecule has 1 N–H and O–H groups in total. The van der Waals surface area contributed by atoms with Crippen molar-refractivity contribution in [2.45, 2.75) is 44.9 Å². The highest BCUT2D eigenvalue weighted by Gasteiger charge is 2.25. The lowest BCUT2D eigenvalue weighted by atomic mass is 9.77. The molecule has 1 aromatic heterocycles. The Morgan fingerprint density at radius 3 is 2.76 bits per heavy atom. The van der Waals surface area contributed by atoms with Crippen molar-refractivity contribution in [2.24, 2.45) is 5.92 Å². The number of aromatic amines is 1. The first-order chi connectivity index (χ1) is 10.3. The van der Waals surface area contributed by atoms with Gasteiger partial charge in [0.1, 0.15) is 0 Å². The van der Waals surface area contributed by atoms with Crippen molar-refractivity contribution >= 4 is 16.9 Å². The molecule has 0 bridgehead atoms. The van der Waals surface area contributed by atoms with E-state index in [4.69, 9.17) is 4.74 Å². The highest BCUT2D eigenvalue weighted by atomic mass is 16.5. The van der Waals surface area contributed by atoms with E-state index in [1.807, 2.05) is 6.92 Å². The van der Waals surface area contributed by atoms with Crippen LogP contribution in [0.2, 0.25) is 0 Å². The van der Waals surface area contributed by atoms with Crippen molar-refractivity contribution in [2.75, 3.05) is 6.61 Å². The maximum absolute atomic E-state index is 11.6. The van der Waals surface area contributed by atoms with Crippen LogP contribution in [0.5, 0.6) is 0 Å². The van der Waals surface area contributed by atoms with Crippen molar-refractivity contribution in [3.8, 4) is 0 Å². The summed E-state index contributed by atoms with van der Waals surface area (Å²) in [6, 6.07) is 8.50. The van der Waals surface area contributed by atoms with E-state index in [0.29, 0.717) is 24.9 Å². The normalized spacial score (nSPS) is 22.3. The first-order valence-electron chi connectivity index (χ1n) is 7.99. The molecule has 1 aliphatic rings. The number of H-pyrrole nitrogens is 1. The molecular formula is C18H23NO2. The van der Waals surface area contributed by atoms with E-state index in [1.54, 1.807) is 0 Å². The van der Waals surface area contributed by atoms with Crippen LogP contribution in [0.15, 0.2) is 30.5 Å². The molecule has 0 aliphatic heterocycles. The molecule has 3 nitrogen and oxygen atoms in total. The van der Waals surface area contributed by atoms with Crippen molar-refractivity contribution in [1.82, 2.24) is 4.98 Å². The zero-order chi connectivity index (χ0) is 14.7. The van der Waals surface area contributed by atoms with Gasteiger partial charge in [-0.25, -0.2) is 0 Å². The number of nitrogens with one attached hydrogen (secondary N) is 1. The molecule has 1 fully saturated rings. The summed E-state index contributed by atoms with van der Waals surface area (Å²) >= 11 is 0. The molecule has 0 saturated heterocycles. The van der Waals surface area contributed by atoms with Crippen LogP contribution < -0.4 is 0 Å². The lowest BCUT2D eigenvalue weighted by Gasteiger charge is -2.27. The van der Waals surface area contributed by atoms with Crippen LogP contribution in [-0.4, -0.2) is 17.6 Å². The second kappa shape index (κ2) is 6.33. The van der Waals surface area contributed by atoms with E-state index in [0.717, 1.165) is 12.8 Å². The van der Waals surface area contributed by atoms with Crippen LogP contribution in [-0.2, 0) is 9.53 Å². The molecule has 1 saturated carbocycles. The van der Waals surface area contributed by atoms with Gasteiger partial charge in [0.05, 0.1) is 6.61 Å². The summed E-state index contributed by atoms with van der Waals surface area (Å²) in [6.45, 7) is 2.36. The number of hydrogen-bond acceptors (Lipinski definition) is 2. The van der Waals surface area contributed by atoms with Gasteiger partial charge in [0, 0.05) is 23.5 Å². The number of rotatable bonds is 4. The SMILES string of the molecule is CCOC(=O)CC1CCC(c2c[nH]c3ccccc23)CC1. The molecular weight excluding hydrogens is 262 g/mol. The highest BCUT2D eigenvalue weighted by Crippen LogP contribution is 2.39. The quantitative estimate of drug-likeness (QED) is 0.846. The Bertz CT molecular complexity index is 608. The molecule has 0 atom stereocenters. The minimum absolute atomic E-state index is 0.0342. The third-order valence-corrected chi connectivity index (χ3v) is 4.67. The molecule has 0 radical (unpaired) electrons. The fourth-order valence-corrected chi connectivity index (χ4v) is 3.56. The average molecular weight is 285 g/mol. The lowest BCUT2D eigenvalue weighted by Crippen LogP contribution is -2.17. The molecule has 0 amide bonds. The average Bonchev–Trinajstić information content (AvgIpc) is 2.92. The maximum atomic E-state index is 11.6. The standard InChI is InChI=1S/C18H23NO2/c1-2-21-18(20)11-13-7-9-14(10-8-13)16-12-19-17-6-4-3-5-15(16)17/h3-6,12-14,19H,2,7-11H2,1H3. The number of carbonyl (C=O) groups excluding carboxylic acids is 1. The van der Waals surface area contributed by atoms with Gasteiger partial charge < -0.3 is 9.72 Å². The number of fused-ring (bicyclic) bond motifs is 1. The summed E-state index contributed by atoms with van der Waals surface area (Å²) in [5.74, 6) is 1.10. The van der Waals surface area contributed by atoms with E-state index in [-0.39, 0.29) is 5.97 Å². The van der Waals surface area contributed by atoms with Gasteiger partial charge in [-0.15, -0.1) is 0 Å². The predicted octanol–water partition coefficient (Wildman–Crippen LogP) is 4.39. The molecule has 2 aromatic rings. The summed E-state index contributed by atoms with van der Waals surface area (Å²) < 4.78 is 5.06. The van der Waals surface area contributed by atoms with Gasteiger partial charge in [-0.05, 0) is 56.1 Å². The molecule has 1 aromatic carbocycles. The van der Waals surface area contributed by atoms with Crippen molar-refractivity contribution < 1.29 is 9.53 Å². The number of aromatic nitrogens is 1. The van der Waals surface area contributed by atoms with Crippen molar-refractivity contribution in [1.29, 1.82) is 0 Å². The molecule has 1 heterocycles. The van der Waals surface area contributed by atoms with Crippen LogP contribution in [0, 0.1) is 5.92 Å². The van der Waals surface area contributed by atoms with Gasteiger partial charge in [0.25, 0.3) is 0 Å². The number of hydrogen-bond donors (Lipinski definition) is 1.